The maximum absolute atomic E-state index is 9.31. The molecule has 0 aliphatic rings. The topological polar surface area (TPSA) is 29.5 Å². The average molecular weight is 212 g/mol. The second kappa shape index (κ2) is 10.0. The standard InChI is InChI=1S/C13H24O2/c1-4-6-7-10-13(15-3)11-8-9-12(14)5-2/h12-14H,4-7,9-10H2,1-3H3. The zero-order chi connectivity index (χ0) is 11.5. The Kier molecular flexibility index (Phi) is 9.67. The molecular weight excluding hydrogens is 188 g/mol. The highest BCUT2D eigenvalue weighted by atomic mass is 16.5. The summed E-state index contributed by atoms with van der Waals surface area (Å²) in [4.78, 5) is 0. The van der Waals surface area contributed by atoms with Crippen molar-refractivity contribution in [2.24, 2.45) is 0 Å². The highest BCUT2D eigenvalue weighted by molar-refractivity contribution is 5.05. The van der Waals surface area contributed by atoms with Crippen molar-refractivity contribution in [1.29, 1.82) is 0 Å². The van der Waals surface area contributed by atoms with Gasteiger partial charge in [-0.15, -0.1) is 0 Å². The monoisotopic (exact) mass is 212 g/mol. The van der Waals surface area contributed by atoms with Crippen molar-refractivity contribution in [2.75, 3.05) is 7.11 Å². The summed E-state index contributed by atoms with van der Waals surface area (Å²) in [5, 5.41) is 9.31. The molecule has 2 unspecified atom stereocenters. The summed E-state index contributed by atoms with van der Waals surface area (Å²) in [6.07, 6.45) is 5.70. The Hall–Kier alpha value is -0.520. The molecule has 15 heavy (non-hydrogen) atoms. The van der Waals surface area contributed by atoms with E-state index in [2.05, 4.69) is 18.8 Å². The van der Waals surface area contributed by atoms with Crippen molar-refractivity contribution in [2.45, 2.75) is 64.6 Å². The van der Waals surface area contributed by atoms with Gasteiger partial charge in [0.1, 0.15) is 6.10 Å². The zero-order valence-corrected chi connectivity index (χ0v) is 10.3. The largest absolute Gasteiger partial charge is 0.392 e. The van der Waals surface area contributed by atoms with E-state index in [4.69, 9.17) is 4.74 Å². The third-order valence-corrected chi connectivity index (χ3v) is 2.43. The van der Waals surface area contributed by atoms with Crippen molar-refractivity contribution >= 4 is 0 Å². The molecule has 0 bridgehead atoms. The molecule has 0 saturated carbocycles. The molecule has 2 atom stereocenters. The summed E-state index contributed by atoms with van der Waals surface area (Å²) in [7, 11) is 1.70. The second-order valence-electron chi connectivity index (χ2n) is 3.81. The fourth-order valence-electron chi connectivity index (χ4n) is 1.26. The molecule has 2 heteroatoms. The number of rotatable bonds is 7. The van der Waals surface area contributed by atoms with E-state index in [-0.39, 0.29) is 12.2 Å². The van der Waals surface area contributed by atoms with Crippen LogP contribution in [-0.4, -0.2) is 24.4 Å². The average Bonchev–Trinajstić information content (AvgIpc) is 2.26. The number of hydrogen-bond donors (Lipinski definition) is 1. The van der Waals surface area contributed by atoms with Gasteiger partial charge in [-0.05, 0) is 19.3 Å². The zero-order valence-electron chi connectivity index (χ0n) is 10.3. The fourth-order valence-corrected chi connectivity index (χ4v) is 1.26. The molecule has 2 nitrogen and oxygen atoms in total. The molecule has 0 rings (SSSR count). The Balaban J connectivity index is 3.75. The van der Waals surface area contributed by atoms with Gasteiger partial charge in [0.2, 0.25) is 0 Å². The Morgan fingerprint density at radius 2 is 2.00 bits per heavy atom. The van der Waals surface area contributed by atoms with Gasteiger partial charge in [-0.3, -0.25) is 0 Å². The lowest BCUT2D eigenvalue weighted by Gasteiger charge is -2.07. The fraction of sp³-hybridized carbons (Fsp3) is 0.846. The van der Waals surface area contributed by atoms with E-state index in [1.807, 2.05) is 6.92 Å². The van der Waals surface area contributed by atoms with Gasteiger partial charge < -0.3 is 9.84 Å². The molecular formula is C13H24O2. The maximum Gasteiger partial charge on any atom is 0.117 e. The first-order valence-corrected chi connectivity index (χ1v) is 5.93. The van der Waals surface area contributed by atoms with Crippen LogP contribution >= 0.6 is 0 Å². The molecule has 0 aromatic rings. The van der Waals surface area contributed by atoms with Gasteiger partial charge >= 0.3 is 0 Å². The first kappa shape index (κ1) is 14.5. The van der Waals surface area contributed by atoms with E-state index in [0.717, 1.165) is 12.8 Å². The molecule has 0 aromatic heterocycles. The molecule has 88 valence electrons. The van der Waals surface area contributed by atoms with Crippen LogP contribution in [0.3, 0.4) is 0 Å². The van der Waals surface area contributed by atoms with Crippen molar-refractivity contribution in [3.05, 3.63) is 0 Å². The van der Waals surface area contributed by atoms with Crippen LogP contribution in [-0.2, 0) is 4.74 Å². The van der Waals surface area contributed by atoms with Crippen LogP contribution in [0.1, 0.15) is 52.4 Å². The molecule has 1 N–H and O–H groups in total. The third kappa shape index (κ3) is 8.47. The van der Waals surface area contributed by atoms with Crippen LogP contribution in [0, 0.1) is 11.8 Å². The summed E-state index contributed by atoms with van der Waals surface area (Å²) in [5.74, 6) is 6.05. The first-order chi connectivity index (χ1) is 7.24. The summed E-state index contributed by atoms with van der Waals surface area (Å²) in [6, 6.07) is 0. The minimum absolute atomic E-state index is 0.0422. The van der Waals surface area contributed by atoms with E-state index < -0.39 is 0 Å². The normalized spacial score (nSPS) is 14.1. The quantitative estimate of drug-likeness (QED) is 0.519. The van der Waals surface area contributed by atoms with Crippen LogP contribution in [0.15, 0.2) is 0 Å². The highest BCUT2D eigenvalue weighted by Crippen LogP contribution is 2.05. The van der Waals surface area contributed by atoms with E-state index >= 15 is 0 Å². The Morgan fingerprint density at radius 1 is 1.27 bits per heavy atom. The predicted molar refractivity (Wildman–Crippen MR) is 63.6 cm³/mol. The SMILES string of the molecule is CCCCCC(C#CCC(O)CC)OC. The molecule has 0 heterocycles. The minimum atomic E-state index is -0.286. The first-order valence-electron chi connectivity index (χ1n) is 5.93. The molecule has 0 radical (unpaired) electrons. The molecule has 0 aliphatic heterocycles. The van der Waals surface area contributed by atoms with Gasteiger partial charge in [-0.1, -0.05) is 38.5 Å². The van der Waals surface area contributed by atoms with Crippen molar-refractivity contribution < 1.29 is 9.84 Å². The predicted octanol–water partition coefficient (Wildman–Crippen LogP) is 2.75. The minimum Gasteiger partial charge on any atom is -0.392 e. The maximum atomic E-state index is 9.31. The summed E-state index contributed by atoms with van der Waals surface area (Å²) >= 11 is 0. The number of ether oxygens (including phenoxy) is 1. The Labute approximate surface area is 94.0 Å². The van der Waals surface area contributed by atoms with Crippen LogP contribution in [0.5, 0.6) is 0 Å². The Bertz CT molecular complexity index is 190. The van der Waals surface area contributed by atoms with Crippen LogP contribution in [0.2, 0.25) is 0 Å². The number of methoxy groups -OCH3 is 1. The van der Waals surface area contributed by atoms with Crippen LogP contribution in [0.25, 0.3) is 0 Å². The van der Waals surface area contributed by atoms with Crippen molar-refractivity contribution in [3.63, 3.8) is 0 Å². The molecule has 0 aliphatic carbocycles. The van der Waals surface area contributed by atoms with E-state index in [9.17, 15) is 5.11 Å². The third-order valence-electron chi connectivity index (χ3n) is 2.43. The lowest BCUT2D eigenvalue weighted by Crippen LogP contribution is -2.08. The summed E-state index contributed by atoms with van der Waals surface area (Å²) < 4.78 is 5.26. The van der Waals surface area contributed by atoms with Crippen LogP contribution in [0.4, 0.5) is 0 Å². The molecule has 0 aromatic carbocycles. The lowest BCUT2D eigenvalue weighted by molar-refractivity contribution is 0.138. The number of hydrogen-bond acceptors (Lipinski definition) is 2. The van der Waals surface area contributed by atoms with Crippen molar-refractivity contribution in [1.82, 2.24) is 0 Å². The van der Waals surface area contributed by atoms with Gasteiger partial charge in [0.25, 0.3) is 0 Å². The van der Waals surface area contributed by atoms with Crippen molar-refractivity contribution in [3.8, 4) is 11.8 Å². The van der Waals surface area contributed by atoms with E-state index in [1.165, 1.54) is 19.3 Å². The van der Waals surface area contributed by atoms with Gasteiger partial charge in [0.05, 0.1) is 6.10 Å². The molecule has 0 amide bonds. The lowest BCUT2D eigenvalue weighted by atomic mass is 10.1. The molecule has 0 saturated heterocycles. The smallest absolute Gasteiger partial charge is 0.117 e. The Morgan fingerprint density at radius 3 is 2.53 bits per heavy atom. The molecule has 0 spiro atoms. The highest BCUT2D eigenvalue weighted by Gasteiger charge is 2.02. The van der Waals surface area contributed by atoms with E-state index in [1.54, 1.807) is 7.11 Å². The van der Waals surface area contributed by atoms with E-state index in [0.29, 0.717) is 6.42 Å². The van der Waals surface area contributed by atoms with Gasteiger partial charge in [-0.2, -0.15) is 0 Å². The van der Waals surface area contributed by atoms with Gasteiger partial charge in [-0.25, -0.2) is 0 Å². The number of unbranched alkanes of at least 4 members (excludes halogenated alkanes) is 2. The second-order valence-corrected chi connectivity index (χ2v) is 3.81. The number of aliphatic hydroxyl groups excluding tert-OH is 1. The number of aliphatic hydroxyl groups is 1. The van der Waals surface area contributed by atoms with Crippen LogP contribution < -0.4 is 0 Å². The van der Waals surface area contributed by atoms with Gasteiger partial charge in [0.15, 0.2) is 0 Å². The molecule has 0 fully saturated rings. The van der Waals surface area contributed by atoms with Gasteiger partial charge in [0, 0.05) is 13.5 Å². The summed E-state index contributed by atoms with van der Waals surface area (Å²) in [5.41, 5.74) is 0. The summed E-state index contributed by atoms with van der Waals surface area (Å²) in [6.45, 7) is 4.15.